The topological polar surface area (TPSA) is 30.0 Å². The van der Waals surface area contributed by atoms with Crippen LogP contribution in [-0.4, -0.2) is 10.8 Å². The van der Waals surface area contributed by atoms with E-state index >= 15 is 0 Å². The van der Waals surface area contributed by atoms with E-state index in [1.54, 1.807) is 6.20 Å². The first-order valence-electron chi connectivity index (χ1n) is 5.36. The normalized spacial score (nSPS) is 10.2. The summed E-state index contributed by atoms with van der Waals surface area (Å²) in [6.45, 7) is 1.90. The second kappa shape index (κ2) is 5.23. The van der Waals surface area contributed by atoms with Gasteiger partial charge in [0.1, 0.15) is 5.69 Å². The molecule has 1 heterocycles. The molecule has 2 aromatic rings. The fourth-order valence-corrected chi connectivity index (χ4v) is 1.91. The molecule has 0 aliphatic rings. The molecular formula is C14H12BrNO. The van der Waals surface area contributed by atoms with Gasteiger partial charge in [0, 0.05) is 17.1 Å². The highest BCUT2D eigenvalue weighted by Gasteiger charge is 2.10. The molecule has 0 unspecified atom stereocenters. The predicted octanol–water partition coefficient (Wildman–Crippen LogP) is 3.58. The zero-order valence-electron chi connectivity index (χ0n) is 9.48. The van der Waals surface area contributed by atoms with Crippen LogP contribution in [0.5, 0.6) is 0 Å². The van der Waals surface area contributed by atoms with Crippen molar-refractivity contribution < 1.29 is 4.79 Å². The number of nitrogens with zero attached hydrogens (tertiary/aromatic N) is 1. The molecule has 2 nitrogen and oxygen atoms in total. The van der Waals surface area contributed by atoms with Gasteiger partial charge >= 0.3 is 0 Å². The lowest BCUT2D eigenvalue weighted by Gasteiger charge is -2.03. The second-order valence-corrected chi connectivity index (χ2v) is 4.81. The number of aromatic nitrogens is 1. The summed E-state index contributed by atoms with van der Waals surface area (Å²) in [4.78, 5) is 16.2. The van der Waals surface area contributed by atoms with Crippen LogP contribution in [0.3, 0.4) is 0 Å². The maximum absolute atomic E-state index is 12.0. The van der Waals surface area contributed by atoms with E-state index in [-0.39, 0.29) is 5.78 Å². The molecule has 0 fully saturated rings. The molecule has 0 spiro atoms. The van der Waals surface area contributed by atoms with Crippen molar-refractivity contribution in [2.24, 2.45) is 0 Å². The van der Waals surface area contributed by atoms with Crippen molar-refractivity contribution in [2.75, 3.05) is 0 Å². The maximum atomic E-state index is 12.0. The highest BCUT2D eigenvalue weighted by molar-refractivity contribution is 9.10. The summed E-state index contributed by atoms with van der Waals surface area (Å²) in [5.41, 5.74) is 2.49. The molecule has 0 N–H and O–H groups in total. The molecule has 0 bridgehead atoms. The molecule has 1 aromatic heterocycles. The van der Waals surface area contributed by atoms with Gasteiger partial charge in [0.15, 0.2) is 5.78 Å². The largest absolute Gasteiger partial charge is 0.292 e. The lowest BCUT2D eigenvalue weighted by atomic mass is 10.0. The summed E-state index contributed by atoms with van der Waals surface area (Å²) >= 11 is 3.37. The number of carbonyl (C=O) groups is 1. The van der Waals surface area contributed by atoms with Gasteiger partial charge in [0.2, 0.25) is 0 Å². The fraction of sp³-hybridized carbons (Fsp3) is 0.143. The number of halogens is 1. The molecular weight excluding hydrogens is 278 g/mol. The Balaban J connectivity index is 2.17. The van der Waals surface area contributed by atoms with E-state index in [1.165, 1.54) is 0 Å². The average Bonchev–Trinajstić information content (AvgIpc) is 2.32. The predicted molar refractivity (Wildman–Crippen MR) is 71.2 cm³/mol. The quantitative estimate of drug-likeness (QED) is 0.809. The molecule has 0 aliphatic heterocycles. The first-order valence-corrected chi connectivity index (χ1v) is 6.15. The monoisotopic (exact) mass is 289 g/mol. The summed E-state index contributed by atoms with van der Waals surface area (Å²) in [5, 5.41) is 0. The molecule has 0 atom stereocenters. The summed E-state index contributed by atoms with van der Waals surface area (Å²) in [6.07, 6.45) is 2.05. The van der Waals surface area contributed by atoms with Gasteiger partial charge < -0.3 is 0 Å². The number of ketones is 1. The molecule has 0 saturated carbocycles. The first kappa shape index (κ1) is 12.0. The minimum atomic E-state index is 0.0606. The number of hydrogen-bond acceptors (Lipinski definition) is 2. The number of hydrogen-bond donors (Lipinski definition) is 0. The van der Waals surface area contributed by atoms with Crippen LogP contribution < -0.4 is 0 Å². The maximum Gasteiger partial charge on any atom is 0.185 e. The van der Waals surface area contributed by atoms with Crippen LogP contribution in [0.15, 0.2) is 47.1 Å². The molecule has 3 heteroatoms. The Hall–Kier alpha value is -1.48. The van der Waals surface area contributed by atoms with Gasteiger partial charge in [-0.3, -0.25) is 9.78 Å². The number of rotatable bonds is 3. The summed E-state index contributed by atoms with van der Waals surface area (Å²) in [6, 6.07) is 11.5. The highest BCUT2D eigenvalue weighted by atomic mass is 79.9. The van der Waals surface area contributed by atoms with E-state index in [1.807, 2.05) is 43.3 Å². The molecule has 0 aliphatic carbocycles. The Labute approximate surface area is 109 Å². The van der Waals surface area contributed by atoms with E-state index in [4.69, 9.17) is 0 Å². The Morgan fingerprint density at radius 1 is 1.24 bits per heavy atom. The molecule has 0 amide bonds. The Kier molecular flexibility index (Phi) is 3.69. The lowest BCUT2D eigenvalue weighted by molar-refractivity contribution is 0.0987. The zero-order chi connectivity index (χ0) is 12.3. The van der Waals surface area contributed by atoms with Gasteiger partial charge in [0.25, 0.3) is 0 Å². The highest BCUT2D eigenvalue weighted by Crippen LogP contribution is 2.13. The molecule has 86 valence electrons. The SMILES string of the molecule is Cc1cccnc1C(=O)Cc1ccc(Br)cc1. The average molecular weight is 290 g/mol. The van der Waals surface area contributed by atoms with Crippen LogP contribution in [0.2, 0.25) is 0 Å². The van der Waals surface area contributed by atoms with Crippen molar-refractivity contribution in [1.82, 2.24) is 4.98 Å². The summed E-state index contributed by atoms with van der Waals surface area (Å²) < 4.78 is 1.02. The molecule has 17 heavy (non-hydrogen) atoms. The summed E-state index contributed by atoms with van der Waals surface area (Å²) in [7, 11) is 0. The second-order valence-electron chi connectivity index (χ2n) is 3.90. The van der Waals surface area contributed by atoms with E-state index in [2.05, 4.69) is 20.9 Å². The third-order valence-electron chi connectivity index (χ3n) is 2.55. The van der Waals surface area contributed by atoms with Crippen molar-refractivity contribution in [1.29, 1.82) is 0 Å². The van der Waals surface area contributed by atoms with E-state index < -0.39 is 0 Å². The van der Waals surface area contributed by atoms with E-state index in [0.29, 0.717) is 12.1 Å². The minimum absolute atomic E-state index is 0.0606. The van der Waals surface area contributed by atoms with Crippen molar-refractivity contribution in [3.05, 3.63) is 63.9 Å². The van der Waals surface area contributed by atoms with Gasteiger partial charge in [-0.25, -0.2) is 0 Å². The van der Waals surface area contributed by atoms with Crippen LogP contribution in [0.25, 0.3) is 0 Å². The number of carbonyl (C=O) groups excluding carboxylic acids is 1. The standard InChI is InChI=1S/C14H12BrNO/c1-10-3-2-8-16-14(10)13(17)9-11-4-6-12(15)7-5-11/h2-8H,9H2,1H3. The molecule has 0 radical (unpaired) electrons. The molecule has 0 saturated heterocycles. The number of pyridine rings is 1. The smallest absolute Gasteiger partial charge is 0.185 e. The van der Waals surface area contributed by atoms with Crippen LogP contribution in [0, 0.1) is 6.92 Å². The van der Waals surface area contributed by atoms with Crippen LogP contribution in [-0.2, 0) is 6.42 Å². The van der Waals surface area contributed by atoms with Crippen LogP contribution in [0.4, 0.5) is 0 Å². The Morgan fingerprint density at radius 3 is 2.59 bits per heavy atom. The number of aryl methyl sites for hydroxylation is 1. The molecule has 2 rings (SSSR count). The van der Waals surface area contributed by atoms with Gasteiger partial charge in [0.05, 0.1) is 0 Å². The zero-order valence-corrected chi connectivity index (χ0v) is 11.1. The Morgan fingerprint density at radius 2 is 1.94 bits per heavy atom. The van der Waals surface area contributed by atoms with Gasteiger partial charge in [-0.05, 0) is 36.2 Å². The third-order valence-corrected chi connectivity index (χ3v) is 3.08. The Bertz CT molecular complexity index is 534. The van der Waals surface area contributed by atoms with Crippen molar-refractivity contribution in [3.63, 3.8) is 0 Å². The van der Waals surface area contributed by atoms with Gasteiger partial charge in [-0.2, -0.15) is 0 Å². The lowest BCUT2D eigenvalue weighted by Crippen LogP contribution is -2.07. The third kappa shape index (κ3) is 3.01. The van der Waals surface area contributed by atoms with Crippen LogP contribution in [0.1, 0.15) is 21.6 Å². The summed E-state index contributed by atoms with van der Waals surface area (Å²) in [5.74, 6) is 0.0606. The molecule has 1 aromatic carbocycles. The van der Waals surface area contributed by atoms with Crippen molar-refractivity contribution >= 4 is 21.7 Å². The number of Topliss-reactive ketones (excluding diaryl/α,β-unsaturated/α-hetero) is 1. The van der Waals surface area contributed by atoms with Crippen molar-refractivity contribution in [2.45, 2.75) is 13.3 Å². The van der Waals surface area contributed by atoms with Gasteiger partial charge in [-0.15, -0.1) is 0 Å². The van der Waals surface area contributed by atoms with Gasteiger partial charge in [-0.1, -0.05) is 34.1 Å². The first-order chi connectivity index (χ1) is 8.16. The van der Waals surface area contributed by atoms with E-state index in [0.717, 1.165) is 15.6 Å². The number of benzene rings is 1. The fourth-order valence-electron chi connectivity index (χ4n) is 1.65. The van der Waals surface area contributed by atoms with Crippen LogP contribution >= 0.6 is 15.9 Å². The minimum Gasteiger partial charge on any atom is -0.292 e. The van der Waals surface area contributed by atoms with Crippen molar-refractivity contribution in [3.8, 4) is 0 Å². The van der Waals surface area contributed by atoms with E-state index in [9.17, 15) is 4.79 Å².